The summed E-state index contributed by atoms with van der Waals surface area (Å²) in [6.07, 6.45) is 0. The molecule has 1 aromatic carbocycles. The van der Waals surface area contributed by atoms with Gasteiger partial charge in [-0.05, 0) is 19.1 Å². The summed E-state index contributed by atoms with van der Waals surface area (Å²) in [6.45, 7) is 1.69. The molecule has 0 amide bonds. The van der Waals surface area contributed by atoms with Gasteiger partial charge < -0.3 is 0 Å². The summed E-state index contributed by atoms with van der Waals surface area (Å²) in [5.74, 6) is -0.170. The number of benzene rings is 1. The monoisotopic (exact) mass is 226 g/mol. The minimum Gasteiger partial charge on any atom is -0.299 e. The smallest absolute Gasteiger partial charge is 0.264 e. The van der Waals surface area contributed by atoms with Crippen LogP contribution in [0.15, 0.2) is 16.9 Å². The molecule has 0 aliphatic carbocycles. The minimum atomic E-state index is -0.706. The normalized spacial score (nSPS) is 10.9. The standard InChI is InChI=1S/C10H8ClFN2O/c1-5-13-7-4-3-6(11)9(12)8(7)10(15)14(5)2/h3-4H,1-2H3. The highest BCUT2D eigenvalue weighted by atomic mass is 35.5. The number of aromatic nitrogens is 2. The molecule has 5 heteroatoms. The molecule has 1 aromatic heterocycles. The summed E-state index contributed by atoms with van der Waals surface area (Å²) >= 11 is 5.60. The minimum absolute atomic E-state index is 0.0596. The highest BCUT2D eigenvalue weighted by molar-refractivity contribution is 6.31. The molecule has 0 saturated carbocycles. The molecule has 1 heterocycles. The molecule has 0 saturated heterocycles. The second-order valence-electron chi connectivity index (χ2n) is 3.28. The van der Waals surface area contributed by atoms with Crippen LogP contribution in [0.4, 0.5) is 4.39 Å². The average Bonchev–Trinajstić information content (AvgIpc) is 2.20. The zero-order chi connectivity index (χ0) is 11.2. The lowest BCUT2D eigenvalue weighted by molar-refractivity contribution is 0.635. The number of hydrogen-bond acceptors (Lipinski definition) is 2. The molecule has 0 unspecified atom stereocenters. The molecule has 0 fully saturated rings. The summed E-state index contributed by atoms with van der Waals surface area (Å²) in [5.41, 5.74) is -0.0880. The number of nitrogens with zero attached hydrogens (tertiary/aromatic N) is 2. The fourth-order valence-corrected chi connectivity index (χ4v) is 1.56. The van der Waals surface area contributed by atoms with Gasteiger partial charge in [0.05, 0.1) is 10.5 Å². The number of hydrogen-bond donors (Lipinski definition) is 0. The number of halogens is 2. The summed E-state index contributed by atoms with van der Waals surface area (Å²) in [6, 6.07) is 2.93. The quantitative estimate of drug-likeness (QED) is 0.689. The van der Waals surface area contributed by atoms with E-state index in [9.17, 15) is 9.18 Å². The van der Waals surface area contributed by atoms with Crippen LogP contribution in [0.3, 0.4) is 0 Å². The van der Waals surface area contributed by atoms with Gasteiger partial charge in [0.25, 0.3) is 5.56 Å². The summed E-state index contributed by atoms with van der Waals surface area (Å²) < 4.78 is 14.9. The Balaban J connectivity index is 3.08. The van der Waals surface area contributed by atoms with Gasteiger partial charge in [-0.25, -0.2) is 9.37 Å². The second kappa shape index (κ2) is 3.31. The van der Waals surface area contributed by atoms with Crippen LogP contribution in [-0.4, -0.2) is 9.55 Å². The topological polar surface area (TPSA) is 34.9 Å². The molecule has 0 bridgehead atoms. The Bertz CT molecular complexity index is 606. The van der Waals surface area contributed by atoms with Crippen molar-refractivity contribution in [2.75, 3.05) is 0 Å². The van der Waals surface area contributed by atoms with Crippen molar-refractivity contribution in [2.45, 2.75) is 6.92 Å². The van der Waals surface area contributed by atoms with Crippen molar-refractivity contribution in [1.82, 2.24) is 9.55 Å². The van der Waals surface area contributed by atoms with Crippen LogP contribution in [0.2, 0.25) is 5.02 Å². The fraction of sp³-hybridized carbons (Fsp3) is 0.200. The van der Waals surface area contributed by atoms with Gasteiger partial charge in [-0.15, -0.1) is 0 Å². The van der Waals surface area contributed by atoms with Crippen molar-refractivity contribution in [1.29, 1.82) is 0 Å². The number of fused-ring (bicyclic) bond motifs is 1. The average molecular weight is 227 g/mol. The maximum Gasteiger partial charge on any atom is 0.264 e. The molecule has 0 N–H and O–H groups in total. The predicted molar refractivity (Wildman–Crippen MR) is 56.7 cm³/mol. The number of rotatable bonds is 0. The largest absolute Gasteiger partial charge is 0.299 e. The molecule has 0 atom stereocenters. The predicted octanol–water partition coefficient (Wildman–Crippen LogP) is 2.03. The molecule has 15 heavy (non-hydrogen) atoms. The van der Waals surface area contributed by atoms with Crippen molar-refractivity contribution in [3.63, 3.8) is 0 Å². The third-order valence-electron chi connectivity index (χ3n) is 2.36. The van der Waals surface area contributed by atoms with Gasteiger partial charge in [-0.1, -0.05) is 11.6 Å². The summed E-state index contributed by atoms with van der Waals surface area (Å²) in [4.78, 5) is 15.8. The highest BCUT2D eigenvalue weighted by Gasteiger charge is 2.12. The molecule has 2 rings (SSSR count). The van der Waals surface area contributed by atoms with Crippen LogP contribution in [0.25, 0.3) is 10.9 Å². The Morgan fingerprint density at radius 2 is 2.13 bits per heavy atom. The van der Waals surface area contributed by atoms with Gasteiger partial charge in [0.15, 0.2) is 5.82 Å². The SMILES string of the molecule is Cc1nc2ccc(Cl)c(F)c2c(=O)n1C. The van der Waals surface area contributed by atoms with Gasteiger partial charge in [0.2, 0.25) is 0 Å². The van der Waals surface area contributed by atoms with Crippen molar-refractivity contribution in [3.8, 4) is 0 Å². The van der Waals surface area contributed by atoms with E-state index >= 15 is 0 Å². The van der Waals surface area contributed by atoms with E-state index in [0.717, 1.165) is 0 Å². The summed E-state index contributed by atoms with van der Waals surface area (Å²) in [7, 11) is 1.55. The van der Waals surface area contributed by atoms with Crippen LogP contribution in [0, 0.1) is 12.7 Å². The Morgan fingerprint density at radius 1 is 1.47 bits per heavy atom. The van der Waals surface area contributed by atoms with Gasteiger partial charge in [0.1, 0.15) is 11.2 Å². The van der Waals surface area contributed by atoms with Crippen LogP contribution < -0.4 is 5.56 Å². The maximum atomic E-state index is 13.6. The van der Waals surface area contributed by atoms with E-state index in [1.54, 1.807) is 14.0 Å². The van der Waals surface area contributed by atoms with E-state index < -0.39 is 11.4 Å². The lowest BCUT2D eigenvalue weighted by atomic mass is 10.2. The van der Waals surface area contributed by atoms with E-state index in [2.05, 4.69) is 4.98 Å². The van der Waals surface area contributed by atoms with Crippen LogP contribution in [0.1, 0.15) is 5.82 Å². The van der Waals surface area contributed by atoms with Gasteiger partial charge in [0, 0.05) is 7.05 Å². The van der Waals surface area contributed by atoms with Gasteiger partial charge in [-0.2, -0.15) is 0 Å². The van der Waals surface area contributed by atoms with E-state index in [4.69, 9.17) is 11.6 Å². The Labute approximate surface area is 90.1 Å². The molecule has 0 radical (unpaired) electrons. The molecule has 78 valence electrons. The van der Waals surface area contributed by atoms with Crippen LogP contribution >= 0.6 is 11.6 Å². The van der Waals surface area contributed by atoms with Crippen LogP contribution in [-0.2, 0) is 7.05 Å². The molecular formula is C10H8ClFN2O. The maximum absolute atomic E-state index is 13.6. The highest BCUT2D eigenvalue weighted by Crippen LogP contribution is 2.20. The van der Waals surface area contributed by atoms with E-state index in [1.165, 1.54) is 16.7 Å². The third kappa shape index (κ3) is 1.41. The Hall–Kier alpha value is -1.42. The van der Waals surface area contributed by atoms with Crippen molar-refractivity contribution in [3.05, 3.63) is 39.2 Å². The molecule has 3 nitrogen and oxygen atoms in total. The first-order chi connectivity index (χ1) is 7.02. The van der Waals surface area contributed by atoms with E-state index in [-0.39, 0.29) is 10.4 Å². The Morgan fingerprint density at radius 3 is 2.80 bits per heavy atom. The first-order valence-electron chi connectivity index (χ1n) is 4.33. The first-order valence-corrected chi connectivity index (χ1v) is 4.71. The number of aryl methyl sites for hydroxylation is 1. The molecule has 0 aliphatic rings. The lowest BCUT2D eigenvalue weighted by Gasteiger charge is -2.06. The fourth-order valence-electron chi connectivity index (χ4n) is 1.40. The van der Waals surface area contributed by atoms with Gasteiger partial charge in [-0.3, -0.25) is 9.36 Å². The molecule has 0 aliphatic heterocycles. The Kier molecular flexibility index (Phi) is 2.23. The van der Waals surface area contributed by atoms with Crippen molar-refractivity contribution in [2.24, 2.45) is 7.05 Å². The second-order valence-corrected chi connectivity index (χ2v) is 3.69. The zero-order valence-electron chi connectivity index (χ0n) is 8.21. The van der Waals surface area contributed by atoms with E-state index in [0.29, 0.717) is 11.3 Å². The third-order valence-corrected chi connectivity index (χ3v) is 2.65. The first kappa shape index (κ1) is 10.1. The zero-order valence-corrected chi connectivity index (χ0v) is 8.97. The molecule has 2 aromatic rings. The molecular weight excluding hydrogens is 219 g/mol. The van der Waals surface area contributed by atoms with Crippen molar-refractivity contribution >= 4 is 22.5 Å². The van der Waals surface area contributed by atoms with Gasteiger partial charge >= 0.3 is 0 Å². The molecule has 0 spiro atoms. The summed E-state index contributed by atoms with van der Waals surface area (Å²) in [5, 5.41) is -0.124. The van der Waals surface area contributed by atoms with Crippen LogP contribution in [0.5, 0.6) is 0 Å². The van der Waals surface area contributed by atoms with E-state index in [1.807, 2.05) is 0 Å². The van der Waals surface area contributed by atoms with Crippen molar-refractivity contribution < 1.29 is 4.39 Å². The lowest BCUT2D eigenvalue weighted by Crippen LogP contribution is -2.21.